The lowest BCUT2D eigenvalue weighted by Crippen LogP contribution is -2.54. The molecule has 24 heavy (non-hydrogen) atoms. The quantitative estimate of drug-likeness (QED) is 0.923. The van der Waals surface area contributed by atoms with E-state index in [0.29, 0.717) is 25.6 Å². The molecule has 3 rings (SSSR count). The number of nitrogens with one attached hydrogen (secondary N) is 1. The normalized spacial score (nSPS) is 27.3. The molecule has 0 spiro atoms. The molecule has 2 aliphatic rings. The lowest BCUT2D eigenvalue weighted by atomic mass is 10.0. The summed E-state index contributed by atoms with van der Waals surface area (Å²) in [6.07, 6.45) is 2.05. The molecule has 2 saturated heterocycles. The molecule has 0 saturated carbocycles. The molecule has 2 amide bonds. The number of rotatable bonds is 4. The van der Waals surface area contributed by atoms with Crippen LogP contribution in [0.5, 0.6) is 0 Å². The minimum atomic E-state index is -0.201. The summed E-state index contributed by atoms with van der Waals surface area (Å²) < 4.78 is 5.81. The van der Waals surface area contributed by atoms with Crippen molar-refractivity contribution in [3.05, 3.63) is 30.3 Å². The van der Waals surface area contributed by atoms with Gasteiger partial charge in [0.2, 0.25) is 0 Å². The van der Waals surface area contributed by atoms with E-state index in [-0.39, 0.29) is 11.6 Å². The highest BCUT2D eigenvalue weighted by atomic mass is 16.5. The molecule has 1 aromatic rings. The first-order chi connectivity index (χ1) is 11.6. The Kier molecular flexibility index (Phi) is 5.29. The van der Waals surface area contributed by atoms with Gasteiger partial charge in [-0.05, 0) is 37.8 Å². The number of hydrogen-bond donors (Lipinski definition) is 1. The Balaban J connectivity index is 1.45. The Bertz CT molecular complexity index is 551. The molecule has 5 nitrogen and oxygen atoms in total. The Morgan fingerprint density at radius 1 is 1.33 bits per heavy atom. The van der Waals surface area contributed by atoms with Gasteiger partial charge in [0.25, 0.3) is 0 Å². The summed E-state index contributed by atoms with van der Waals surface area (Å²) in [5.41, 5.74) is 1.07. The second-order valence-electron chi connectivity index (χ2n) is 7.20. The number of carbonyl (C=O) groups excluding carboxylic acids is 1. The van der Waals surface area contributed by atoms with E-state index in [9.17, 15) is 4.79 Å². The summed E-state index contributed by atoms with van der Waals surface area (Å²) >= 11 is 0. The number of nitrogens with zero attached hydrogens (tertiary/aromatic N) is 2. The maximum atomic E-state index is 12.5. The van der Waals surface area contributed by atoms with Gasteiger partial charge in [0.15, 0.2) is 0 Å². The van der Waals surface area contributed by atoms with Gasteiger partial charge in [-0.3, -0.25) is 0 Å². The maximum Gasteiger partial charge on any atom is 0.317 e. The summed E-state index contributed by atoms with van der Waals surface area (Å²) in [5, 5.41) is 3.13. The van der Waals surface area contributed by atoms with Crippen molar-refractivity contribution in [2.75, 3.05) is 44.2 Å². The lowest BCUT2D eigenvalue weighted by Gasteiger charge is -2.40. The van der Waals surface area contributed by atoms with E-state index in [1.807, 2.05) is 11.0 Å². The van der Waals surface area contributed by atoms with Crippen LogP contribution in [-0.2, 0) is 4.74 Å². The molecule has 2 atom stereocenters. The van der Waals surface area contributed by atoms with E-state index in [1.54, 1.807) is 0 Å². The molecule has 2 heterocycles. The second-order valence-corrected chi connectivity index (χ2v) is 7.20. The topological polar surface area (TPSA) is 44.8 Å². The van der Waals surface area contributed by atoms with Gasteiger partial charge >= 0.3 is 6.03 Å². The Morgan fingerprint density at radius 3 is 2.88 bits per heavy atom. The van der Waals surface area contributed by atoms with Crippen molar-refractivity contribution in [1.82, 2.24) is 10.2 Å². The Hall–Kier alpha value is -1.75. The molecule has 1 aromatic carbocycles. The van der Waals surface area contributed by atoms with Gasteiger partial charge < -0.3 is 19.9 Å². The average Bonchev–Trinajstić information content (AvgIpc) is 3.09. The predicted molar refractivity (Wildman–Crippen MR) is 96.4 cm³/mol. The van der Waals surface area contributed by atoms with Crippen LogP contribution in [0.25, 0.3) is 0 Å². The fraction of sp³-hybridized carbons (Fsp3) is 0.632. The lowest BCUT2D eigenvalue weighted by molar-refractivity contribution is -0.0872. The number of ether oxygens (including phenoxy) is 1. The first-order valence-corrected chi connectivity index (χ1v) is 9.06. The average molecular weight is 331 g/mol. The molecule has 132 valence electrons. The third-order valence-corrected chi connectivity index (χ3v) is 5.32. The van der Waals surface area contributed by atoms with Crippen LogP contribution in [0, 0.1) is 5.92 Å². The van der Waals surface area contributed by atoms with Gasteiger partial charge in [-0.1, -0.05) is 25.1 Å². The molecule has 0 unspecified atom stereocenters. The van der Waals surface area contributed by atoms with E-state index in [2.05, 4.69) is 48.3 Å². The summed E-state index contributed by atoms with van der Waals surface area (Å²) in [6, 6.07) is 10.6. The van der Waals surface area contributed by atoms with Crippen LogP contribution in [-0.4, -0.2) is 55.9 Å². The standard InChI is InChI=1S/C19H29N3O2/c1-3-19(2)15-22(11-12-24-19)18(23)20-13-16-9-10-21(14-16)17-7-5-4-6-8-17/h4-8,16H,3,9-15H2,1-2H3,(H,20,23)/t16-,19-/m1/s1. The highest BCUT2D eigenvalue weighted by Gasteiger charge is 2.33. The summed E-state index contributed by atoms with van der Waals surface area (Å²) in [7, 11) is 0. The van der Waals surface area contributed by atoms with Crippen LogP contribution in [0.4, 0.5) is 10.5 Å². The first kappa shape index (κ1) is 17.1. The third kappa shape index (κ3) is 4.01. The minimum absolute atomic E-state index is 0.0520. The number of amides is 2. The summed E-state index contributed by atoms with van der Waals surface area (Å²) in [6.45, 7) is 9.01. The van der Waals surface area contributed by atoms with Crippen LogP contribution in [0.1, 0.15) is 26.7 Å². The van der Waals surface area contributed by atoms with Crippen LogP contribution >= 0.6 is 0 Å². The SMILES string of the molecule is CC[C@]1(C)CN(C(=O)NC[C@H]2CCN(c3ccccc3)C2)CCO1. The number of para-hydroxylation sites is 1. The van der Waals surface area contributed by atoms with Crippen LogP contribution in [0.2, 0.25) is 0 Å². The number of morpholine rings is 1. The fourth-order valence-electron chi connectivity index (χ4n) is 3.53. The first-order valence-electron chi connectivity index (χ1n) is 9.06. The molecule has 1 N–H and O–H groups in total. The van der Waals surface area contributed by atoms with Crippen molar-refractivity contribution in [2.24, 2.45) is 5.92 Å². The van der Waals surface area contributed by atoms with Crippen molar-refractivity contribution < 1.29 is 9.53 Å². The van der Waals surface area contributed by atoms with E-state index >= 15 is 0 Å². The van der Waals surface area contributed by atoms with E-state index in [0.717, 1.165) is 32.5 Å². The molecular weight excluding hydrogens is 302 g/mol. The van der Waals surface area contributed by atoms with Crippen LogP contribution in [0.15, 0.2) is 30.3 Å². The molecule has 0 aromatic heterocycles. The molecule has 0 aliphatic carbocycles. The van der Waals surface area contributed by atoms with E-state index in [4.69, 9.17) is 4.74 Å². The smallest absolute Gasteiger partial charge is 0.317 e. The molecule has 5 heteroatoms. The largest absolute Gasteiger partial charge is 0.372 e. The van der Waals surface area contributed by atoms with Crippen molar-refractivity contribution in [2.45, 2.75) is 32.3 Å². The summed E-state index contributed by atoms with van der Waals surface area (Å²) in [4.78, 5) is 16.8. The molecule has 0 radical (unpaired) electrons. The van der Waals surface area contributed by atoms with Gasteiger partial charge in [0.05, 0.1) is 18.8 Å². The zero-order valence-electron chi connectivity index (χ0n) is 14.8. The van der Waals surface area contributed by atoms with Crippen LogP contribution < -0.4 is 10.2 Å². The fourth-order valence-corrected chi connectivity index (χ4v) is 3.53. The molecule has 2 aliphatic heterocycles. The van der Waals surface area contributed by atoms with E-state index in [1.165, 1.54) is 5.69 Å². The Morgan fingerprint density at radius 2 is 2.12 bits per heavy atom. The van der Waals surface area contributed by atoms with Gasteiger partial charge in [-0.15, -0.1) is 0 Å². The zero-order chi connectivity index (χ0) is 17.0. The minimum Gasteiger partial charge on any atom is -0.372 e. The number of anilines is 1. The van der Waals surface area contributed by atoms with Crippen molar-refractivity contribution in [1.29, 1.82) is 0 Å². The molecular formula is C19H29N3O2. The number of carbonyl (C=O) groups is 1. The van der Waals surface area contributed by atoms with Crippen molar-refractivity contribution in [3.8, 4) is 0 Å². The highest BCUT2D eigenvalue weighted by molar-refractivity contribution is 5.74. The maximum absolute atomic E-state index is 12.5. The third-order valence-electron chi connectivity index (χ3n) is 5.32. The van der Waals surface area contributed by atoms with E-state index < -0.39 is 0 Å². The van der Waals surface area contributed by atoms with Crippen LogP contribution in [0.3, 0.4) is 0 Å². The molecule has 2 fully saturated rings. The van der Waals surface area contributed by atoms with Crippen molar-refractivity contribution >= 4 is 11.7 Å². The van der Waals surface area contributed by atoms with Gasteiger partial charge in [0.1, 0.15) is 0 Å². The van der Waals surface area contributed by atoms with Gasteiger partial charge in [0, 0.05) is 31.9 Å². The van der Waals surface area contributed by atoms with Gasteiger partial charge in [-0.2, -0.15) is 0 Å². The summed E-state index contributed by atoms with van der Waals surface area (Å²) in [5.74, 6) is 0.521. The zero-order valence-corrected chi connectivity index (χ0v) is 14.8. The predicted octanol–water partition coefficient (Wildman–Crippen LogP) is 2.72. The van der Waals surface area contributed by atoms with Gasteiger partial charge in [-0.25, -0.2) is 4.79 Å². The monoisotopic (exact) mass is 331 g/mol. The van der Waals surface area contributed by atoms with Crippen molar-refractivity contribution in [3.63, 3.8) is 0 Å². The molecule has 0 bridgehead atoms. The number of urea groups is 1. The second kappa shape index (κ2) is 7.43. The highest BCUT2D eigenvalue weighted by Crippen LogP contribution is 2.23. The number of benzene rings is 1. The Labute approximate surface area is 145 Å². The number of hydrogen-bond acceptors (Lipinski definition) is 3.